The predicted molar refractivity (Wildman–Crippen MR) is 94.6 cm³/mol. The molecule has 4 N–H and O–H groups in total. The predicted octanol–water partition coefficient (Wildman–Crippen LogP) is 3.54. The van der Waals surface area contributed by atoms with E-state index < -0.39 is 11.7 Å². The molecule has 2 aromatic carbocycles. The highest BCUT2D eigenvalue weighted by Crippen LogP contribution is 2.22. The lowest BCUT2D eigenvalue weighted by atomic mass is 10.0. The van der Waals surface area contributed by atoms with Crippen molar-refractivity contribution in [3.8, 4) is 6.07 Å². The molecule has 0 saturated carbocycles. The average Bonchev–Trinajstić information content (AvgIpc) is 3.17. The molecule has 0 aliphatic carbocycles. The van der Waals surface area contributed by atoms with E-state index in [9.17, 15) is 9.18 Å². The molecule has 0 bridgehead atoms. The minimum Gasteiger partial charge on any atom is -0.472 e. The number of furan rings is 1. The van der Waals surface area contributed by atoms with Gasteiger partial charge in [0, 0.05) is 22.5 Å². The molecular weight excluding hydrogens is 335 g/mol. The Labute approximate surface area is 148 Å². The standard InChI is InChI=1S/C19H13FN4O2/c20-16-3-1-11(9-21)7-14(16)19(25)24-13-2-4-17(22)15(8-13)18(23)12-5-6-26-10-12/h1-8,10,23H,22H2,(H,24,25). The summed E-state index contributed by atoms with van der Waals surface area (Å²) >= 11 is 0. The molecule has 1 amide bonds. The Bertz CT molecular complexity index is 1040. The molecule has 3 aromatic rings. The first-order valence-corrected chi connectivity index (χ1v) is 7.51. The first-order valence-electron chi connectivity index (χ1n) is 7.51. The number of nitrogen functional groups attached to an aromatic ring is 1. The minimum atomic E-state index is -0.733. The van der Waals surface area contributed by atoms with Gasteiger partial charge in [-0.15, -0.1) is 0 Å². The van der Waals surface area contributed by atoms with Crippen molar-refractivity contribution in [1.82, 2.24) is 0 Å². The monoisotopic (exact) mass is 348 g/mol. The summed E-state index contributed by atoms with van der Waals surface area (Å²) in [7, 11) is 0. The number of amides is 1. The maximum atomic E-state index is 13.9. The van der Waals surface area contributed by atoms with Gasteiger partial charge < -0.3 is 15.5 Å². The van der Waals surface area contributed by atoms with Gasteiger partial charge in [0.1, 0.15) is 5.82 Å². The van der Waals surface area contributed by atoms with Crippen LogP contribution in [0.1, 0.15) is 27.0 Å². The maximum absolute atomic E-state index is 13.9. The summed E-state index contributed by atoms with van der Waals surface area (Å²) < 4.78 is 18.8. The van der Waals surface area contributed by atoms with Crippen LogP contribution in [0.5, 0.6) is 0 Å². The zero-order valence-corrected chi connectivity index (χ0v) is 13.4. The normalized spacial score (nSPS) is 10.2. The minimum absolute atomic E-state index is 0.130. The first kappa shape index (κ1) is 16.9. The van der Waals surface area contributed by atoms with Crippen LogP contribution in [0.15, 0.2) is 59.4 Å². The Balaban J connectivity index is 1.89. The molecule has 0 spiro atoms. The van der Waals surface area contributed by atoms with Gasteiger partial charge in [0.15, 0.2) is 0 Å². The fourth-order valence-electron chi connectivity index (χ4n) is 2.38. The summed E-state index contributed by atoms with van der Waals surface area (Å²) in [6, 6.07) is 11.6. The van der Waals surface area contributed by atoms with Crippen molar-refractivity contribution in [3.63, 3.8) is 0 Å². The third-order valence-electron chi connectivity index (χ3n) is 3.73. The summed E-state index contributed by atoms with van der Waals surface area (Å²) in [6.45, 7) is 0. The van der Waals surface area contributed by atoms with Crippen molar-refractivity contribution in [2.24, 2.45) is 0 Å². The van der Waals surface area contributed by atoms with Gasteiger partial charge in [-0.2, -0.15) is 5.26 Å². The van der Waals surface area contributed by atoms with E-state index in [2.05, 4.69) is 5.32 Å². The summed E-state index contributed by atoms with van der Waals surface area (Å²) in [6.07, 6.45) is 2.85. The molecule has 0 aliphatic rings. The smallest absolute Gasteiger partial charge is 0.258 e. The molecule has 26 heavy (non-hydrogen) atoms. The lowest BCUT2D eigenvalue weighted by Crippen LogP contribution is -2.15. The van der Waals surface area contributed by atoms with Gasteiger partial charge in [-0.3, -0.25) is 10.2 Å². The number of carbonyl (C=O) groups is 1. The molecule has 0 radical (unpaired) electrons. The highest BCUT2D eigenvalue weighted by Gasteiger charge is 2.15. The zero-order valence-electron chi connectivity index (χ0n) is 13.4. The third-order valence-corrected chi connectivity index (χ3v) is 3.73. The van der Waals surface area contributed by atoms with Gasteiger partial charge in [0.2, 0.25) is 0 Å². The lowest BCUT2D eigenvalue weighted by molar-refractivity contribution is 0.102. The van der Waals surface area contributed by atoms with Crippen LogP contribution in [0.2, 0.25) is 0 Å². The van der Waals surface area contributed by atoms with Crippen molar-refractivity contribution in [2.45, 2.75) is 0 Å². The highest BCUT2D eigenvalue weighted by molar-refractivity contribution is 6.14. The number of carbonyl (C=O) groups excluding carboxylic acids is 1. The molecule has 0 atom stereocenters. The van der Waals surface area contributed by atoms with E-state index in [0.29, 0.717) is 22.5 Å². The SMILES string of the molecule is N#Cc1ccc(F)c(C(=O)Nc2ccc(N)c(C(=N)c3ccoc3)c2)c1. The van der Waals surface area contributed by atoms with Crippen LogP contribution in [0, 0.1) is 22.6 Å². The van der Waals surface area contributed by atoms with Crippen LogP contribution in [-0.4, -0.2) is 11.6 Å². The van der Waals surface area contributed by atoms with Gasteiger partial charge in [-0.25, -0.2) is 4.39 Å². The van der Waals surface area contributed by atoms with Crippen LogP contribution in [-0.2, 0) is 0 Å². The van der Waals surface area contributed by atoms with Gasteiger partial charge in [0.05, 0.1) is 35.4 Å². The van der Waals surface area contributed by atoms with Crippen molar-refractivity contribution < 1.29 is 13.6 Å². The number of halogens is 1. The number of hydrogen-bond donors (Lipinski definition) is 3. The quantitative estimate of drug-likeness (QED) is 0.494. The molecule has 0 aliphatic heterocycles. The Kier molecular flexibility index (Phi) is 4.50. The number of anilines is 2. The second-order valence-corrected chi connectivity index (χ2v) is 5.45. The lowest BCUT2D eigenvalue weighted by Gasteiger charge is -2.11. The number of rotatable bonds is 4. The Morgan fingerprint density at radius 2 is 2.00 bits per heavy atom. The maximum Gasteiger partial charge on any atom is 0.258 e. The number of nitrogens with one attached hydrogen (secondary N) is 2. The second kappa shape index (κ2) is 6.91. The molecule has 0 saturated heterocycles. The Hall–Kier alpha value is -3.92. The van der Waals surface area contributed by atoms with E-state index >= 15 is 0 Å². The molecule has 128 valence electrons. The molecule has 0 fully saturated rings. The van der Waals surface area contributed by atoms with Gasteiger partial charge >= 0.3 is 0 Å². The molecule has 1 aromatic heterocycles. The fraction of sp³-hybridized carbons (Fsp3) is 0. The summed E-state index contributed by atoms with van der Waals surface area (Å²) in [5.74, 6) is -1.44. The fourth-order valence-corrected chi connectivity index (χ4v) is 2.38. The van der Waals surface area contributed by atoms with E-state index in [4.69, 9.17) is 20.8 Å². The molecule has 1 heterocycles. The number of nitrogens with zero attached hydrogens (tertiary/aromatic N) is 1. The summed E-state index contributed by atoms with van der Waals surface area (Å²) in [5.41, 5.74) is 7.61. The molecule has 3 rings (SSSR count). The average molecular weight is 348 g/mol. The number of nitriles is 1. The van der Waals surface area contributed by atoms with Crippen LogP contribution >= 0.6 is 0 Å². The summed E-state index contributed by atoms with van der Waals surface area (Å²) in [4.78, 5) is 12.3. The van der Waals surface area contributed by atoms with E-state index in [-0.39, 0.29) is 16.8 Å². The molecular formula is C19H13FN4O2. The second-order valence-electron chi connectivity index (χ2n) is 5.45. The van der Waals surface area contributed by atoms with E-state index in [1.807, 2.05) is 6.07 Å². The number of nitrogens with two attached hydrogens (primary N) is 1. The molecule has 0 unspecified atom stereocenters. The van der Waals surface area contributed by atoms with E-state index in [0.717, 1.165) is 6.07 Å². The zero-order chi connectivity index (χ0) is 18.7. The topological polar surface area (TPSA) is 116 Å². The Morgan fingerprint density at radius 3 is 2.69 bits per heavy atom. The highest BCUT2D eigenvalue weighted by atomic mass is 19.1. The van der Waals surface area contributed by atoms with Crippen LogP contribution < -0.4 is 11.1 Å². The third kappa shape index (κ3) is 3.30. The largest absolute Gasteiger partial charge is 0.472 e. The van der Waals surface area contributed by atoms with Crippen LogP contribution in [0.25, 0.3) is 0 Å². The van der Waals surface area contributed by atoms with E-state index in [1.54, 1.807) is 18.2 Å². The number of hydrogen-bond acceptors (Lipinski definition) is 5. The number of benzene rings is 2. The van der Waals surface area contributed by atoms with Crippen molar-refractivity contribution in [3.05, 3.63) is 83.1 Å². The first-order chi connectivity index (χ1) is 12.5. The van der Waals surface area contributed by atoms with Crippen LogP contribution in [0.3, 0.4) is 0 Å². The van der Waals surface area contributed by atoms with E-state index in [1.165, 1.54) is 30.7 Å². The van der Waals surface area contributed by atoms with Gasteiger partial charge in [-0.1, -0.05) is 0 Å². The Morgan fingerprint density at radius 1 is 1.19 bits per heavy atom. The summed E-state index contributed by atoms with van der Waals surface area (Å²) in [5, 5.41) is 19.7. The van der Waals surface area contributed by atoms with Crippen molar-refractivity contribution in [1.29, 1.82) is 10.7 Å². The van der Waals surface area contributed by atoms with Gasteiger partial charge in [0.25, 0.3) is 5.91 Å². The van der Waals surface area contributed by atoms with Crippen molar-refractivity contribution in [2.75, 3.05) is 11.1 Å². The molecule has 6 nitrogen and oxygen atoms in total. The van der Waals surface area contributed by atoms with Crippen molar-refractivity contribution >= 4 is 23.0 Å². The van der Waals surface area contributed by atoms with Gasteiger partial charge in [-0.05, 0) is 42.5 Å². The van der Waals surface area contributed by atoms with Crippen LogP contribution in [0.4, 0.5) is 15.8 Å². The molecule has 7 heteroatoms.